The van der Waals surface area contributed by atoms with E-state index < -0.39 is 16.8 Å². The number of allylic oxidation sites excluding steroid dienone is 3. The molecule has 27 heavy (non-hydrogen) atoms. The standard InChI is InChI=1S/C19H19Cl2FN4O/c1-26-9-6-11-2-5-14(24-17(11)18(26)27)25-19(7-8-23-10-19)15-13(22)4-3-12(20)16(15)21/h2-6,9,15-16,23H,7-8,10H2,1H3,(H,24,25)/t15?,16?,19-/m1/s1. The lowest BCUT2D eigenvalue weighted by Gasteiger charge is -2.40. The van der Waals surface area contributed by atoms with Gasteiger partial charge in [0.2, 0.25) is 0 Å². The van der Waals surface area contributed by atoms with Gasteiger partial charge < -0.3 is 15.2 Å². The van der Waals surface area contributed by atoms with Gasteiger partial charge in [0.1, 0.15) is 17.2 Å². The Morgan fingerprint density at radius 3 is 2.93 bits per heavy atom. The quantitative estimate of drug-likeness (QED) is 0.764. The normalized spacial score (nSPS) is 28.1. The maximum Gasteiger partial charge on any atom is 0.276 e. The van der Waals surface area contributed by atoms with Crippen LogP contribution in [-0.4, -0.2) is 33.6 Å². The minimum absolute atomic E-state index is 0.181. The van der Waals surface area contributed by atoms with Gasteiger partial charge in [-0.25, -0.2) is 9.37 Å². The van der Waals surface area contributed by atoms with E-state index in [-0.39, 0.29) is 11.4 Å². The van der Waals surface area contributed by atoms with Crippen LogP contribution in [0.5, 0.6) is 0 Å². The molecule has 5 nitrogen and oxygen atoms in total. The van der Waals surface area contributed by atoms with Crippen molar-refractivity contribution in [3.8, 4) is 0 Å². The molecule has 4 rings (SSSR count). The molecule has 142 valence electrons. The average Bonchev–Trinajstić information content (AvgIpc) is 3.11. The van der Waals surface area contributed by atoms with Crippen LogP contribution in [0, 0.1) is 5.92 Å². The van der Waals surface area contributed by atoms with Crippen molar-refractivity contribution in [3.05, 3.63) is 57.8 Å². The molecule has 0 saturated carbocycles. The fourth-order valence-corrected chi connectivity index (χ4v) is 4.51. The lowest BCUT2D eigenvalue weighted by molar-refractivity contribution is 0.315. The van der Waals surface area contributed by atoms with Gasteiger partial charge in [-0.15, -0.1) is 11.6 Å². The van der Waals surface area contributed by atoms with E-state index in [2.05, 4.69) is 15.6 Å². The zero-order valence-corrected chi connectivity index (χ0v) is 16.2. The molecule has 2 unspecified atom stereocenters. The third-order valence-corrected chi connectivity index (χ3v) is 6.30. The number of pyridine rings is 2. The van der Waals surface area contributed by atoms with E-state index in [9.17, 15) is 9.18 Å². The van der Waals surface area contributed by atoms with E-state index in [1.54, 1.807) is 19.3 Å². The molecular weight excluding hydrogens is 390 g/mol. The Morgan fingerprint density at radius 1 is 1.37 bits per heavy atom. The first kappa shape index (κ1) is 18.5. The fourth-order valence-electron chi connectivity index (χ4n) is 3.89. The number of hydrogen-bond donors (Lipinski definition) is 2. The van der Waals surface area contributed by atoms with Gasteiger partial charge in [0.05, 0.1) is 16.8 Å². The molecule has 0 radical (unpaired) electrons. The summed E-state index contributed by atoms with van der Waals surface area (Å²) in [5.41, 5.74) is -0.506. The van der Waals surface area contributed by atoms with Crippen LogP contribution in [0.25, 0.3) is 10.9 Å². The SMILES string of the molecule is Cn1ccc2ccc(N[C@]3(C4C(F)=CC=C(Cl)C4Cl)CCNC3)nc2c1=O. The van der Waals surface area contributed by atoms with Crippen LogP contribution in [0.4, 0.5) is 10.2 Å². The van der Waals surface area contributed by atoms with Gasteiger partial charge >= 0.3 is 0 Å². The van der Waals surface area contributed by atoms with Crippen molar-refractivity contribution in [2.75, 3.05) is 18.4 Å². The first-order valence-electron chi connectivity index (χ1n) is 8.73. The summed E-state index contributed by atoms with van der Waals surface area (Å²) in [7, 11) is 1.68. The Labute approximate surface area is 165 Å². The van der Waals surface area contributed by atoms with E-state index in [4.69, 9.17) is 23.2 Å². The molecule has 2 aromatic heterocycles. The van der Waals surface area contributed by atoms with E-state index >= 15 is 0 Å². The van der Waals surface area contributed by atoms with Crippen LogP contribution in [0.2, 0.25) is 0 Å². The summed E-state index contributed by atoms with van der Waals surface area (Å²) in [5, 5.41) is 7.15. The minimum atomic E-state index is -0.692. The summed E-state index contributed by atoms with van der Waals surface area (Å²) in [6, 6.07) is 5.47. The Morgan fingerprint density at radius 2 is 2.19 bits per heavy atom. The topological polar surface area (TPSA) is 59.0 Å². The number of aryl methyl sites for hydroxylation is 1. The summed E-state index contributed by atoms with van der Waals surface area (Å²) in [6.07, 6.45) is 5.23. The average molecular weight is 409 g/mol. The number of nitrogens with one attached hydrogen (secondary N) is 2. The second kappa shape index (κ2) is 6.93. The second-order valence-electron chi connectivity index (χ2n) is 7.06. The molecule has 0 bridgehead atoms. The zero-order chi connectivity index (χ0) is 19.2. The van der Waals surface area contributed by atoms with Gasteiger partial charge in [0, 0.05) is 30.2 Å². The zero-order valence-electron chi connectivity index (χ0n) is 14.7. The molecule has 1 aliphatic carbocycles. The Balaban J connectivity index is 1.75. The van der Waals surface area contributed by atoms with E-state index in [1.807, 2.05) is 12.1 Å². The van der Waals surface area contributed by atoms with Crippen molar-refractivity contribution >= 4 is 39.9 Å². The van der Waals surface area contributed by atoms with E-state index in [1.165, 1.54) is 16.7 Å². The molecule has 1 aliphatic heterocycles. The summed E-state index contributed by atoms with van der Waals surface area (Å²) in [4.78, 5) is 16.9. The lowest BCUT2D eigenvalue weighted by atomic mass is 9.77. The fraction of sp³-hybridized carbons (Fsp3) is 0.368. The van der Waals surface area contributed by atoms with Crippen molar-refractivity contribution in [1.29, 1.82) is 0 Å². The lowest BCUT2D eigenvalue weighted by Crippen LogP contribution is -2.52. The number of aromatic nitrogens is 2. The Kier molecular flexibility index (Phi) is 4.74. The first-order valence-corrected chi connectivity index (χ1v) is 9.55. The summed E-state index contributed by atoms with van der Waals surface area (Å²) >= 11 is 12.7. The molecule has 1 fully saturated rings. The number of nitrogens with zero attached hydrogens (tertiary/aromatic N) is 2. The van der Waals surface area contributed by atoms with Gasteiger partial charge in [-0.2, -0.15) is 0 Å². The van der Waals surface area contributed by atoms with Crippen molar-refractivity contribution < 1.29 is 4.39 Å². The molecule has 2 N–H and O–H groups in total. The molecule has 2 aliphatic rings. The van der Waals surface area contributed by atoms with Crippen molar-refractivity contribution in [2.24, 2.45) is 13.0 Å². The van der Waals surface area contributed by atoms with Crippen molar-refractivity contribution in [2.45, 2.75) is 17.3 Å². The van der Waals surface area contributed by atoms with E-state index in [0.29, 0.717) is 29.3 Å². The van der Waals surface area contributed by atoms with Crippen molar-refractivity contribution in [3.63, 3.8) is 0 Å². The molecule has 2 aromatic rings. The number of halogens is 3. The summed E-state index contributed by atoms with van der Waals surface area (Å²) in [6.45, 7) is 1.23. The second-order valence-corrected chi connectivity index (χ2v) is 7.96. The summed E-state index contributed by atoms with van der Waals surface area (Å²) in [5.74, 6) is -0.438. The third kappa shape index (κ3) is 3.16. The number of hydrogen-bond acceptors (Lipinski definition) is 4. The number of anilines is 1. The number of alkyl halides is 1. The Bertz CT molecular complexity index is 1010. The van der Waals surface area contributed by atoms with Crippen LogP contribution in [-0.2, 0) is 7.05 Å². The highest BCUT2D eigenvalue weighted by Gasteiger charge is 2.49. The van der Waals surface area contributed by atoms with Gasteiger partial charge in [0.15, 0.2) is 0 Å². The van der Waals surface area contributed by atoms with E-state index in [0.717, 1.165) is 11.9 Å². The van der Waals surface area contributed by atoms with Crippen LogP contribution in [0.3, 0.4) is 0 Å². The van der Waals surface area contributed by atoms with Gasteiger partial charge in [-0.05, 0) is 43.3 Å². The van der Waals surface area contributed by atoms with Gasteiger partial charge in [-0.1, -0.05) is 11.6 Å². The molecular formula is C19H19Cl2FN4O. The van der Waals surface area contributed by atoms with Crippen LogP contribution < -0.4 is 16.2 Å². The van der Waals surface area contributed by atoms with Crippen LogP contribution in [0.15, 0.2) is 52.2 Å². The molecule has 3 heterocycles. The third-order valence-electron chi connectivity index (χ3n) is 5.34. The number of fused-ring (bicyclic) bond motifs is 1. The number of rotatable bonds is 3. The summed E-state index contributed by atoms with van der Waals surface area (Å²) < 4.78 is 16.3. The predicted octanol–water partition coefficient (Wildman–Crippen LogP) is 3.29. The predicted molar refractivity (Wildman–Crippen MR) is 107 cm³/mol. The minimum Gasteiger partial charge on any atom is -0.363 e. The maximum atomic E-state index is 14.8. The molecule has 0 amide bonds. The molecule has 3 atom stereocenters. The maximum absolute atomic E-state index is 14.8. The highest BCUT2D eigenvalue weighted by atomic mass is 35.5. The Hall–Kier alpha value is -1.89. The first-order chi connectivity index (χ1) is 12.9. The molecule has 1 saturated heterocycles. The van der Waals surface area contributed by atoms with Gasteiger partial charge in [0.25, 0.3) is 5.56 Å². The molecule has 0 aromatic carbocycles. The monoisotopic (exact) mass is 408 g/mol. The highest BCUT2D eigenvalue weighted by molar-refractivity contribution is 6.37. The van der Waals surface area contributed by atoms with Crippen LogP contribution >= 0.6 is 23.2 Å². The van der Waals surface area contributed by atoms with Crippen LogP contribution in [0.1, 0.15) is 6.42 Å². The van der Waals surface area contributed by atoms with Crippen molar-refractivity contribution in [1.82, 2.24) is 14.9 Å². The highest BCUT2D eigenvalue weighted by Crippen LogP contribution is 2.43. The molecule has 0 spiro atoms. The van der Waals surface area contributed by atoms with Gasteiger partial charge in [-0.3, -0.25) is 4.79 Å². The smallest absolute Gasteiger partial charge is 0.276 e. The molecule has 8 heteroatoms. The largest absolute Gasteiger partial charge is 0.363 e.